The molecular formula is C42H42N6O7. The Bertz CT molecular complexity index is 2170. The fourth-order valence-corrected chi connectivity index (χ4v) is 8.11. The first-order valence-electron chi connectivity index (χ1n) is 18.8. The van der Waals surface area contributed by atoms with Crippen molar-refractivity contribution >= 4 is 35.3 Å². The lowest BCUT2D eigenvalue weighted by atomic mass is 9.78. The number of hydrogen-bond donors (Lipinski definition) is 2. The Balaban J connectivity index is 0.749. The molecule has 1 spiro atoms. The second-order valence-electron chi connectivity index (χ2n) is 15.9. The van der Waals surface area contributed by atoms with Crippen molar-refractivity contribution in [2.75, 3.05) is 36.5 Å². The lowest BCUT2D eigenvalue weighted by Crippen LogP contribution is -2.66. The van der Waals surface area contributed by atoms with Gasteiger partial charge in [-0.1, -0.05) is 38.1 Å². The molecule has 4 fully saturated rings. The topological polar surface area (TPSA) is 152 Å². The molecule has 0 bridgehead atoms. The maximum atomic E-state index is 13.2. The number of carbonyl (C=O) groups excluding carboxylic acids is 4. The van der Waals surface area contributed by atoms with Crippen molar-refractivity contribution in [1.29, 1.82) is 0 Å². The molecular weight excluding hydrogens is 700 g/mol. The van der Waals surface area contributed by atoms with E-state index in [0.717, 1.165) is 78.4 Å². The Morgan fingerprint density at radius 3 is 2.25 bits per heavy atom. The number of piperidine rings is 1. The minimum absolute atomic E-state index is 0.0451. The minimum atomic E-state index is -0.985. The molecule has 1 aliphatic carbocycles. The largest absolute Gasteiger partial charge is 0.490 e. The van der Waals surface area contributed by atoms with Crippen LogP contribution in [0.3, 0.4) is 0 Å². The highest BCUT2D eigenvalue weighted by Crippen LogP contribution is 2.39. The van der Waals surface area contributed by atoms with Gasteiger partial charge in [-0.3, -0.25) is 29.4 Å². The Labute approximate surface area is 318 Å². The number of benzene rings is 3. The van der Waals surface area contributed by atoms with Crippen molar-refractivity contribution in [2.45, 2.75) is 69.7 Å². The molecule has 4 aromatic rings. The molecule has 1 atom stereocenters. The van der Waals surface area contributed by atoms with Gasteiger partial charge in [0.25, 0.3) is 11.8 Å². The molecule has 5 aliphatic rings. The summed E-state index contributed by atoms with van der Waals surface area (Å²) in [6, 6.07) is 22.6. The van der Waals surface area contributed by atoms with E-state index in [1.165, 1.54) is 5.56 Å². The van der Waals surface area contributed by atoms with Crippen molar-refractivity contribution in [3.05, 3.63) is 107 Å². The van der Waals surface area contributed by atoms with E-state index in [9.17, 15) is 19.2 Å². The van der Waals surface area contributed by atoms with Gasteiger partial charge in [-0.25, -0.2) is 9.97 Å². The summed E-state index contributed by atoms with van der Waals surface area (Å²) in [6.45, 7) is 8.31. The van der Waals surface area contributed by atoms with Crippen LogP contribution in [0.5, 0.6) is 11.5 Å². The van der Waals surface area contributed by atoms with Gasteiger partial charge in [0.1, 0.15) is 30.3 Å². The predicted molar refractivity (Wildman–Crippen MR) is 201 cm³/mol. The Morgan fingerprint density at radius 2 is 1.58 bits per heavy atom. The van der Waals surface area contributed by atoms with Gasteiger partial charge in [0, 0.05) is 55.7 Å². The third-order valence-electron chi connectivity index (χ3n) is 11.6. The van der Waals surface area contributed by atoms with Gasteiger partial charge in [0.15, 0.2) is 0 Å². The summed E-state index contributed by atoms with van der Waals surface area (Å²) in [5, 5.41) is 5.67. The van der Waals surface area contributed by atoms with Crippen LogP contribution in [0.1, 0.15) is 77.1 Å². The van der Waals surface area contributed by atoms with Crippen LogP contribution in [-0.2, 0) is 26.3 Å². The van der Waals surface area contributed by atoms with Crippen LogP contribution in [0.2, 0.25) is 0 Å². The van der Waals surface area contributed by atoms with E-state index < -0.39 is 29.7 Å². The number of imide groups is 2. The highest BCUT2D eigenvalue weighted by molar-refractivity contribution is 6.23. The summed E-state index contributed by atoms with van der Waals surface area (Å²) < 4.78 is 17.8. The summed E-state index contributed by atoms with van der Waals surface area (Å²) >= 11 is 0. The summed E-state index contributed by atoms with van der Waals surface area (Å²) in [7, 11) is 0. The van der Waals surface area contributed by atoms with E-state index in [-0.39, 0.29) is 41.5 Å². The fourth-order valence-electron chi connectivity index (χ4n) is 8.11. The maximum absolute atomic E-state index is 13.2. The molecule has 1 unspecified atom stereocenters. The number of fused-ring (bicyclic) bond motifs is 1. The van der Waals surface area contributed by atoms with E-state index in [2.05, 4.69) is 58.6 Å². The van der Waals surface area contributed by atoms with Crippen molar-refractivity contribution in [3.8, 4) is 11.5 Å². The molecule has 282 valence electrons. The van der Waals surface area contributed by atoms with E-state index in [1.54, 1.807) is 24.4 Å². The summed E-state index contributed by atoms with van der Waals surface area (Å²) in [4.78, 5) is 62.5. The van der Waals surface area contributed by atoms with Gasteiger partial charge in [-0.15, -0.1) is 0 Å². The zero-order valence-electron chi connectivity index (χ0n) is 30.7. The third-order valence-corrected chi connectivity index (χ3v) is 11.6. The van der Waals surface area contributed by atoms with Gasteiger partial charge in [0.05, 0.1) is 35.4 Å². The van der Waals surface area contributed by atoms with E-state index in [1.807, 2.05) is 30.3 Å². The lowest BCUT2D eigenvalue weighted by molar-refractivity contribution is -0.136. The summed E-state index contributed by atoms with van der Waals surface area (Å²) in [5.41, 5.74) is 4.47. The van der Waals surface area contributed by atoms with Crippen molar-refractivity contribution in [1.82, 2.24) is 20.2 Å². The van der Waals surface area contributed by atoms with Crippen LogP contribution in [-0.4, -0.2) is 83.0 Å². The molecule has 2 N–H and O–H groups in total. The molecule has 4 amide bonds. The van der Waals surface area contributed by atoms with Gasteiger partial charge in [0.2, 0.25) is 17.8 Å². The van der Waals surface area contributed by atoms with Gasteiger partial charge in [-0.2, -0.15) is 0 Å². The number of carbonyl (C=O) groups is 4. The van der Waals surface area contributed by atoms with Crippen molar-refractivity contribution in [2.24, 2.45) is 5.41 Å². The second-order valence-corrected chi connectivity index (χ2v) is 15.9. The van der Waals surface area contributed by atoms with Crippen LogP contribution in [0, 0.1) is 5.41 Å². The molecule has 1 aromatic heterocycles. The minimum Gasteiger partial charge on any atom is -0.490 e. The Morgan fingerprint density at radius 1 is 0.891 bits per heavy atom. The normalized spacial score (nSPS) is 22.7. The number of hydrogen-bond acceptors (Lipinski definition) is 11. The SMILES string of the molecule is CC(C)(c1ccc(OCc2ccnc(N3CC4(COC4)C3)n2)cc1)c1ccc(O[C@H]2C[C@@H](Nc3ccc4c(c3)C(=O)N(C3CCC(=O)NC3=O)C4=O)C2)cc1. The first-order chi connectivity index (χ1) is 26.5. The number of anilines is 2. The van der Waals surface area contributed by atoms with Crippen LogP contribution in [0.25, 0.3) is 0 Å². The molecule has 3 aromatic carbocycles. The molecule has 1 saturated carbocycles. The first-order valence-corrected chi connectivity index (χ1v) is 18.8. The molecule has 13 nitrogen and oxygen atoms in total. The van der Waals surface area contributed by atoms with E-state index in [4.69, 9.17) is 19.2 Å². The summed E-state index contributed by atoms with van der Waals surface area (Å²) in [5.74, 6) is 0.279. The number of nitrogens with one attached hydrogen (secondary N) is 2. The van der Waals surface area contributed by atoms with E-state index in [0.29, 0.717) is 12.0 Å². The number of aromatic nitrogens is 2. The highest BCUT2D eigenvalue weighted by Gasteiger charge is 2.50. The average Bonchev–Trinajstić information content (AvgIpc) is 3.37. The zero-order valence-corrected chi connectivity index (χ0v) is 30.7. The second kappa shape index (κ2) is 13.5. The molecule has 4 aliphatic heterocycles. The third kappa shape index (κ3) is 6.56. The van der Waals surface area contributed by atoms with Crippen LogP contribution >= 0.6 is 0 Å². The van der Waals surface area contributed by atoms with E-state index >= 15 is 0 Å². The molecule has 9 rings (SSSR count). The molecule has 13 heteroatoms. The Kier molecular flexibility index (Phi) is 8.56. The van der Waals surface area contributed by atoms with Gasteiger partial charge < -0.3 is 24.4 Å². The monoisotopic (exact) mass is 742 g/mol. The number of ether oxygens (including phenoxy) is 3. The maximum Gasteiger partial charge on any atom is 0.262 e. The molecule has 3 saturated heterocycles. The quantitative estimate of drug-likeness (QED) is 0.207. The summed E-state index contributed by atoms with van der Waals surface area (Å²) in [6.07, 6.45) is 3.60. The highest BCUT2D eigenvalue weighted by atomic mass is 16.5. The standard InChI is InChI=1S/C42H42N6O7/c1-41(2,25-3-8-30(9-4-25)54-20-28-15-16-43-40(45-28)47-21-42(22-47)23-53-24-42)26-5-10-31(11-6-26)55-32-17-29(18-32)44-27-7-12-33-34(19-27)39(52)48(38(33)51)35-13-14-36(49)46-37(35)50/h3-12,15-16,19,29,32,35,44H,13-14,17-18,20-24H2,1-2H3,(H,46,49,50)/t29-,32+,35?. The molecule has 55 heavy (non-hydrogen) atoms. The van der Waals surface area contributed by atoms with Crippen LogP contribution < -0.4 is 25.0 Å². The molecule has 0 radical (unpaired) electrons. The predicted octanol–water partition coefficient (Wildman–Crippen LogP) is 4.64. The number of nitrogens with zero attached hydrogens (tertiary/aromatic N) is 4. The van der Waals surface area contributed by atoms with Crippen LogP contribution in [0.4, 0.5) is 11.6 Å². The van der Waals surface area contributed by atoms with Crippen molar-refractivity contribution in [3.63, 3.8) is 0 Å². The van der Waals surface area contributed by atoms with Crippen molar-refractivity contribution < 1.29 is 33.4 Å². The number of rotatable bonds is 11. The smallest absolute Gasteiger partial charge is 0.262 e. The van der Waals surface area contributed by atoms with Gasteiger partial charge in [-0.05, 0) is 66.1 Å². The zero-order chi connectivity index (χ0) is 37.9. The average molecular weight is 743 g/mol. The number of amides is 4. The van der Waals surface area contributed by atoms with Crippen LogP contribution in [0.15, 0.2) is 79.0 Å². The first kappa shape index (κ1) is 34.9. The van der Waals surface area contributed by atoms with Gasteiger partial charge >= 0.3 is 0 Å². The lowest BCUT2D eigenvalue weighted by Gasteiger charge is -2.54. The Hall–Kier alpha value is -5.82. The fraction of sp³-hybridized carbons (Fsp3) is 0.381. The molecule has 5 heterocycles.